The van der Waals surface area contributed by atoms with Gasteiger partial charge in [0.05, 0.1) is 6.54 Å². The van der Waals surface area contributed by atoms with Crippen LogP contribution in [-0.2, 0) is 4.79 Å². The third-order valence-corrected chi connectivity index (χ3v) is 5.08. The molecule has 0 aromatic rings. The first-order valence-electron chi connectivity index (χ1n) is 9.26. The molecule has 1 fully saturated rings. The van der Waals surface area contributed by atoms with Gasteiger partial charge in [-0.3, -0.25) is 9.69 Å². The molecule has 6 heteroatoms. The number of allylic oxidation sites excluding steroid dienone is 1. The average molecular weight is 337 g/mol. The molecule has 0 atom stereocenters. The van der Waals surface area contributed by atoms with Gasteiger partial charge in [-0.05, 0) is 51.5 Å². The maximum atomic E-state index is 11.9. The fourth-order valence-electron chi connectivity index (χ4n) is 3.56. The van der Waals surface area contributed by atoms with Crippen molar-refractivity contribution < 1.29 is 14.7 Å². The van der Waals surface area contributed by atoms with E-state index in [1.807, 2.05) is 11.8 Å². The molecule has 2 amide bonds. The predicted octanol–water partition coefficient (Wildman–Crippen LogP) is 2.50. The number of carboxylic acids is 1. The molecule has 2 aliphatic rings. The molecule has 0 aromatic heterocycles. The van der Waals surface area contributed by atoms with Crippen LogP contribution in [0.5, 0.6) is 0 Å². The zero-order chi connectivity index (χ0) is 17.4. The topological polar surface area (TPSA) is 81.7 Å². The Bertz CT molecular complexity index is 458. The molecule has 2 rings (SSSR count). The maximum Gasteiger partial charge on any atom is 0.317 e. The Morgan fingerprint density at radius 1 is 1.29 bits per heavy atom. The fraction of sp³-hybridized carbons (Fsp3) is 0.778. The summed E-state index contributed by atoms with van der Waals surface area (Å²) in [5.74, 6) is -0.793. The van der Waals surface area contributed by atoms with E-state index in [1.165, 1.54) is 37.7 Å². The second kappa shape index (κ2) is 9.67. The minimum absolute atomic E-state index is 0.0786. The summed E-state index contributed by atoms with van der Waals surface area (Å²) in [7, 11) is 0. The highest BCUT2D eigenvalue weighted by molar-refractivity contribution is 5.74. The number of urea groups is 1. The molecule has 24 heavy (non-hydrogen) atoms. The number of carbonyl (C=O) groups excluding carboxylic acids is 1. The zero-order valence-electron chi connectivity index (χ0n) is 14.7. The molecule has 0 radical (unpaired) electrons. The van der Waals surface area contributed by atoms with Crippen LogP contribution in [0.25, 0.3) is 0 Å². The third-order valence-electron chi connectivity index (χ3n) is 5.08. The number of nitrogens with zero attached hydrogens (tertiary/aromatic N) is 1. The molecular formula is C18H31N3O3. The lowest BCUT2D eigenvalue weighted by molar-refractivity contribution is -0.139. The summed E-state index contributed by atoms with van der Waals surface area (Å²) in [5, 5.41) is 14.8. The van der Waals surface area contributed by atoms with Gasteiger partial charge >= 0.3 is 12.0 Å². The first kappa shape index (κ1) is 18.8. The van der Waals surface area contributed by atoms with E-state index in [9.17, 15) is 9.59 Å². The molecule has 0 spiro atoms. The molecule has 6 nitrogen and oxygen atoms in total. The van der Waals surface area contributed by atoms with E-state index in [4.69, 9.17) is 5.11 Å². The van der Waals surface area contributed by atoms with Gasteiger partial charge in [-0.1, -0.05) is 25.0 Å². The number of nitrogens with one attached hydrogen (secondary N) is 2. The van der Waals surface area contributed by atoms with Gasteiger partial charge < -0.3 is 15.7 Å². The summed E-state index contributed by atoms with van der Waals surface area (Å²) in [6, 6.07) is 0.330. The number of carbonyl (C=O) groups is 2. The minimum Gasteiger partial charge on any atom is -0.480 e. The lowest BCUT2D eigenvalue weighted by Gasteiger charge is -2.42. The largest absolute Gasteiger partial charge is 0.480 e. The number of aliphatic carboxylic acids is 1. The first-order chi connectivity index (χ1) is 11.6. The fourth-order valence-corrected chi connectivity index (χ4v) is 3.56. The van der Waals surface area contributed by atoms with Crippen LogP contribution in [0.2, 0.25) is 0 Å². The average Bonchev–Trinajstić information content (AvgIpc) is 2.77. The Morgan fingerprint density at radius 2 is 2.08 bits per heavy atom. The second-order valence-corrected chi connectivity index (χ2v) is 6.89. The molecule has 0 unspecified atom stereocenters. The van der Waals surface area contributed by atoms with Gasteiger partial charge in [0.25, 0.3) is 0 Å². The smallest absolute Gasteiger partial charge is 0.317 e. The van der Waals surface area contributed by atoms with Gasteiger partial charge in [-0.25, -0.2) is 4.79 Å². The minimum atomic E-state index is -0.793. The Morgan fingerprint density at radius 3 is 2.79 bits per heavy atom. The van der Waals surface area contributed by atoms with E-state index in [0.717, 1.165) is 25.8 Å². The van der Waals surface area contributed by atoms with Crippen molar-refractivity contribution in [2.75, 3.05) is 19.6 Å². The van der Waals surface area contributed by atoms with E-state index in [2.05, 4.69) is 16.7 Å². The molecule has 136 valence electrons. The van der Waals surface area contributed by atoms with E-state index in [0.29, 0.717) is 6.54 Å². The summed E-state index contributed by atoms with van der Waals surface area (Å²) in [6.45, 7) is 3.46. The summed E-state index contributed by atoms with van der Waals surface area (Å²) < 4.78 is 0. The number of hydrogen-bond donors (Lipinski definition) is 3. The summed E-state index contributed by atoms with van der Waals surface area (Å²) >= 11 is 0. The Labute approximate surface area is 144 Å². The highest BCUT2D eigenvalue weighted by Gasteiger charge is 2.34. The number of hydrogen-bond acceptors (Lipinski definition) is 3. The van der Waals surface area contributed by atoms with Crippen LogP contribution in [0.3, 0.4) is 0 Å². The molecule has 0 aromatic carbocycles. The number of likely N-dealkylation sites (N-methyl/N-ethyl adjacent to an activating group) is 1. The van der Waals surface area contributed by atoms with E-state index in [1.54, 1.807) is 0 Å². The monoisotopic (exact) mass is 337 g/mol. The summed E-state index contributed by atoms with van der Waals surface area (Å²) in [4.78, 5) is 24.7. The highest BCUT2D eigenvalue weighted by Crippen LogP contribution is 2.25. The Hall–Kier alpha value is -1.56. The molecule has 0 heterocycles. The molecule has 0 aliphatic heterocycles. The van der Waals surface area contributed by atoms with Crippen LogP contribution >= 0.6 is 0 Å². The van der Waals surface area contributed by atoms with Crippen LogP contribution in [0.4, 0.5) is 4.79 Å². The number of amides is 2. The number of carboxylic acid groups (broad SMARTS) is 1. The van der Waals surface area contributed by atoms with Crippen LogP contribution in [0, 0.1) is 0 Å². The van der Waals surface area contributed by atoms with Gasteiger partial charge in [0, 0.05) is 18.6 Å². The SMILES string of the molecule is CCN(CC(=O)O)C1CC(NC(=O)NCCC2=CCCCCC2)C1. The number of rotatable bonds is 8. The third kappa shape index (κ3) is 6.15. The normalized spacial score (nSPS) is 23.8. The maximum absolute atomic E-state index is 11.9. The zero-order valence-corrected chi connectivity index (χ0v) is 14.7. The van der Waals surface area contributed by atoms with Crippen molar-refractivity contribution in [3.63, 3.8) is 0 Å². The quantitative estimate of drug-likeness (QED) is 0.594. The van der Waals surface area contributed by atoms with Gasteiger partial charge in [0.15, 0.2) is 0 Å². The van der Waals surface area contributed by atoms with Crippen LogP contribution in [0.1, 0.15) is 58.3 Å². The van der Waals surface area contributed by atoms with Gasteiger partial charge in [0.2, 0.25) is 0 Å². The Balaban J connectivity index is 1.59. The molecule has 2 aliphatic carbocycles. The van der Waals surface area contributed by atoms with E-state index < -0.39 is 5.97 Å². The van der Waals surface area contributed by atoms with Crippen LogP contribution in [0.15, 0.2) is 11.6 Å². The van der Waals surface area contributed by atoms with Gasteiger partial charge in [-0.15, -0.1) is 0 Å². The molecule has 0 bridgehead atoms. The van der Waals surface area contributed by atoms with Gasteiger partial charge in [0.1, 0.15) is 0 Å². The van der Waals surface area contributed by atoms with Crippen molar-refractivity contribution in [2.24, 2.45) is 0 Å². The Kier molecular flexibility index (Phi) is 7.56. The van der Waals surface area contributed by atoms with Crippen molar-refractivity contribution in [1.82, 2.24) is 15.5 Å². The predicted molar refractivity (Wildman–Crippen MR) is 94.0 cm³/mol. The van der Waals surface area contributed by atoms with Crippen molar-refractivity contribution in [3.8, 4) is 0 Å². The molecule has 0 saturated heterocycles. The van der Waals surface area contributed by atoms with E-state index in [-0.39, 0.29) is 24.7 Å². The van der Waals surface area contributed by atoms with Crippen molar-refractivity contribution in [3.05, 3.63) is 11.6 Å². The lowest BCUT2D eigenvalue weighted by atomic mass is 9.85. The molecular weight excluding hydrogens is 306 g/mol. The summed E-state index contributed by atoms with van der Waals surface area (Å²) in [6.07, 6.45) is 11.2. The van der Waals surface area contributed by atoms with Crippen LogP contribution < -0.4 is 10.6 Å². The van der Waals surface area contributed by atoms with Crippen molar-refractivity contribution in [1.29, 1.82) is 0 Å². The standard InChI is InChI=1S/C18H31N3O3/c1-2-21(13-17(22)23)16-11-15(12-16)20-18(24)19-10-9-14-7-5-3-4-6-8-14/h7,15-16H,2-6,8-13H2,1H3,(H,22,23)(H2,19,20,24). The van der Waals surface area contributed by atoms with Gasteiger partial charge in [-0.2, -0.15) is 0 Å². The van der Waals surface area contributed by atoms with E-state index >= 15 is 0 Å². The highest BCUT2D eigenvalue weighted by atomic mass is 16.4. The van der Waals surface area contributed by atoms with Crippen molar-refractivity contribution >= 4 is 12.0 Å². The van der Waals surface area contributed by atoms with Crippen LogP contribution in [-0.4, -0.2) is 53.7 Å². The lowest BCUT2D eigenvalue weighted by Crippen LogP contribution is -2.56. The molecule has 3 N–H and O–H groups in total. The molecule has 1 saturated carbocycles. The summed E-state index contributed by atoms with van der Waals surface area (Å²) in [5.41, 5.74) is 1.48. The second-order valence-electron chi connectivity index (χ2n) is 6.89. The van der Waals surface area contributed by atoms with Crippen molar-refractivity contribution in [2.45, 2.75) is 70.4 Å². The first-order valence-corrected chi connectivity index (χ1v) is 9.26.